The molecule has 0 spiro atoms. The molecule has 0 fully saturated rings. The van der Waals surface area contributed by atoms with E-state index in [1.54, 1.807) is 0 Å². The number of amides is 1. The quantitative estimate of drug-likeness (QED) is 0.498. The van der Waals surface area contributed by atoms with Crippen LogP contribution in [0.3, 0.4) is 0 Å². The summed E-state index contributed by atoms with van der Waals surface area (Å²) in [5.41, 5.74) is 0.922. The first-order valence-electron chi connectivity index (χ1n) is 3.01. The van der Waals surface area contributed by atoms with Crippen LogP contribution in [0.15, 0.2) is 4.99 Å². The van der Waals surface area contributed by atoms with E-state index in [4.69, 9.17) is 0 Å². The van der Waals surface area contributed by atoms with Crippen molar-refractivity contribution < 1.29 is 4.79 Å². The van der Waals surface area contributed by atoms with Gasteiger partial charge >= 0.3 is 0 Å². The van der Waals surface area contributed by atoms with Gasteiger partial charge in [-0.05, 0) is 13.8 Å². The molecule has 0 saturated carbocycles. The number of aliphatic imine (C=N–C) groups is 1. The molecule has 0 saturated heterocycles. The molecule has 0 radical (unpaired) electrons. The first-order valence-corrected chi connectivity index (χ1v) is 3.01. The monoisotopic (exact) mass is 126 g/mol. The van der Waals surface area contributed by atoms with Gasteiger partial charge in [0.1, 0.15) is 6.17 Å². The Balaban J connectivity index is 2.67. The number of rotatable bonds is 0. The summed E-state index contributed by atoms with van der Waals surface area (Å²) in [6.45, 7) is 3.73. The molecule has 0 aromatic carbocycles. The van der Waals surface area contributed by atoms with Gasteiger partial charge in [0, 0.05) is 5.71 Å². The Morgan fingerprint density at radius 1 is 1.78 bits per heavy atom. The van der Waals surface area contributed by atoms with Gasteiger partial charge in [-0.25, -0.2) is 0 Å². The van der Waals surface area contributed by atoms with Gasteiger partial charge in [0.25, 0.3) is 0 Å². The second kappa shape index (κ2) is 2.17. The summed E-state index contributed by atoms with van der Waals surface area (Å²) < 4.78 is 0. The fraction of sp³-hybridized carbons (Fsp3) is 0.667. The molecule has 1 N–H and O–H groups in total. The third-order valence-electron chi connectivity index (χ3n) is 1.20. The fourth-order valence-electron chi connectivity index (χ4n) is 0.925. The Morgan fingerprint density at radius 2 is 2.44 bits per heavy atom. The Morgan fingerprint density at radius 3 is 2.89 bits per heavy atom. The second-order valence-corrected chi connectivity index (χ2v) is 2.28. The highest BCUT2D eigenvalue weighted by Crippen LogP contribution is 1.98. The van der Waals surface area contributed by atoms with Gasteiger partial charge in [0.05, 0.1) is 6.42 Å². The number of nitrogens with one attached hydrogen (secondary N) is 1. The Bertz CT molecular complexity index is 162. The molecule has 50 valence electrons. The van der Waals surface area contributed by atoms with Crippen LogP contribution in [-0.2, 0) is 4.79 Å². The van der Waals surface area contributed by atoms with E-state index < -0.39 is 0 Å². The second-order valence-electron chi connectivity index (χ2n) is 2.28. The van der Waals surface area contributed by atoms with E-state index in [1.807, 2.05) is 13.8 Å². The average molecular weight is 126 g/mol. The smallest absolute Gasteiger partial charge is 0.227 e. The minimum atomic E-state index is -0.0220. The zero-order valence-electron chi connectivity index (χ0n) is 5.64. The van der Waals surface area contributed by atoms with Crippen molar-refractivity contribution in [2.24, 2.45) is 4.99 Å². The lowest BCUT2D eigenvalue weighted by atomic mass is 10.2. The molecule has 1 atom stereocenters. The topological polar surface area (TPSA) is 41.5 Å². The predicted octanol–water partition coefficient (Wildman–Crippen LogP) is 0.313. The SMILES string of the molecule is CC1=NC(C)NC(=O)C1. The summed E-state index contributed by atoms with van der Waals surface area (Å²) in [6.07, 6.45) is 0.441. The Kier molecular flexibility index (Phi) is 1.51. The summed E-state index contributed by atoms with van der Waals surface area (Å²) in [6, 6.07) is 0. The van der Waals surface area contributed by atoms with Crippen LogP contribution in [-0.4, -0.2) is 17.8 Å². The number of hydrogen-bond donors (Lipinski definition) is 1. The predicted molar refractivity (Wildman–Crippen MR) is 35.3 cm³/mol. The Hall–Kier alpha value is -0.860. The van der Waals surface area contributed by atoms with E-state index in [-0.39, 0.29) is 12.1 Å². The van der Waals surface area contributed by atoms with Crippen molar-refractivity contribution in [3.05, 3.63) is 0 Å². The molecular formula is C6H10N2O. The molecule has 9 heavy (non-hydrogen) atoms. The minimum Gasteiger partial charge on any atom is -0.334 e. The third kappa shape index (κ3) is 1.52. The molecule has 0 aromatic heterocycles. The lowest BCUT2D eigenvalue weighted by Crippen LogP contribution is -2.36. The average Bonchev–Trinajstić information content (AvgIpc) is 1.59. The maximum absolute atomic E-state index is 10.7. The summed E-state index contributed by atoms with van der Waals surface area (Å²) in [4.78, 5) is 14.8. The molecular weight excluding hydrogens is 116 g/mol. The van der Waals surface area contributed by atoms with E-state index in [0.717, 1.165) is 5.71 Å². The fourth-order valence-corrected chi connectivity index (χ4v) is 0.925. The molecule has 3 nitrogen and oxygen atoms in total. The van der Waals surface area contributed by atoms with Gasteiger partial charge in [-0.1, -0.05) is 0 Å². The molecule has 1 unspecified atom stereocenters. The van der Waals surface area contributed by atoms with Crippen LogP contribution in [0.25, 0.3) is 0 Å². The van der Waals surface area contributed by atoms with E-state index in [9.17, 15) is 4.79 Å². The van der Waals surface area contributed by atoms with Crippen LogP contribution in [0.2, 0.25) is 0 Å². The number of carbonyl (C=O) groups excluding carboxylic acids is 1. The van der Waals surface area contributed by atoms with Crippen molar-refractivity contribution in [1.82, 2.24) is 5.32 Å². The van der Waals surface area contributed by atoms with E-state index in [2.05, 4.69) is 10.3 Å². The van der Waals surface area contributed by atoms with Crippen molar-refractivity contribution in [2.75, 3.05) is 0 Å². The highest BCUT2D eigenvalue weighted by molar-refractivity contribution is 6.01. The molecule has 0 bridgehead atoms. The molecule has 1 amide bonds. The van der Waals surface area contributed by atoms with Gasteiger partial charge in [-0.3, -0.25) is 9.79 Å². The minimum absolute atomic E-state index is 0.0220. The van der Waals surface area contributed by atoms with Crippen molar-refractivity contribution in [3.8, 4) is 0 Å². The third-order valence-corrected chi connectivity index (χ3v) is 1.20. The zero-order valence-corrected chi connectivity index (χ0v) is 5.64. The van der Waals surface area contributed by atoms with Crippen molar-refractivity contribution in [3.63, 3.8) is 0 Å². The molecule has 0 aromatic rings. The van der Waals surface area contributed by atoms with Crippen molar-refractivity contribution in [1.29, 1.82) is 0 Å². The summed E-state index contributed by atoms with van der Waals surface area (Å²) in [5.74, 6) is 0.0787. The van der Waals surface area contributed by atoms with Crippen molar-refractivity contribution in [2.45, 2.75) is 26.4 Å². The van der Waals surface area contributed by atoms with Crippen LogP contribution in [0.1, 0.15) is 20.3 Å². The first-order chi connectivity index (χ1) is 4.18. The van der Waals surface area contributed by atoms with Crippen molar-refractivity contribution >= 4 is 11.6 Å². The Labute approximate surface area is 54.2 Å². The van der Waals surface area contributed by atoms with Gasteiger partial charge in [0.2, 0.25) is 5.91 Å². The molecule has 1 aliphatic heterocycles. The number of nitrogens with zero attached hydrogens (tertiary/aromatic N) is 1. The molecule has 1 aliphatic rings. The van der Waals surface area contributed by atoms with E-state index >= 15 is 0 Å². The number of carbonyl (C=O) groups is 1. The number of hydrogen-bond acceptors (Lipinski definition) is 2. The zero-order chi connectivity index (χ0) is 6.85. The van der Waals surface area contributed by atoms with Gasteiger partial charge < -0.3 is 5.32 Å². The highest BCUT2D eigenvalue weighted by atomic mass is 16.1. The first kappa shape index (κ1) is 6.26. The highest BCUT2D eigenvalue weighted by Gasteiger charge is 2.12. The van der Waals surface area contributed by atoms with Gasteiger partial charge in [-0.2, -0.15) is 0 Å². The van der Waals surface area contributed by atoms with E-state index in [1.165, 1.54) is 0 Å². The standard InChI is InChI=1S/C6H10N2O/c1-4-3-6(9)8-5(2)7-4/h5H,3H2,1-2H3,(H,8,9). The van der Waals surface area contributed by atoms with Crippen LogP contribution in [0.5, 0.6) is 0 Å². The maximum atomic E-state index is 10.7. The summed E-state index contributed by atoms with van der Waals surface area (Å²) in [7, 11) is 0. The van der Waals surface area contributed by atoms with Gasteiger partial charge in [-0.15, -0.1) is 0 Å². The van der Waals surface area contributed by atoms with E-state index in [0.29, 0.717) is 6.42 Å². The largest absolute Gasteiger partial charge is 0.334 e. The lowest BCUT2D eigenvalue weighted by molar-refractivity contribution is -0.120. The molecule has 0 aliphatic carbocycles. The molecule has 1 heterocycles. The van der Waals surface area contributed by atoms with Gasteiger partial charge in [0.15, 0.2) is 0 Å². The van der Waals surface area contributed by atoms with Crippen LogP contribution in [0.4, 0.5) is 0 Å². The molecule has 1 rings (SSSR count). The summed E-state index contributed by atoms with van der Waals surface area (Å²) in [5, 5.41) is 2.68. The lowest BCUT2D eigenvalue weighted by Gasteiger charge is -2.15. The maximum Gasteiger partial charge on any atom is 0.227 e. The van der Waals surface area contributed by atoms with Crippen LogP contribution < -0.4 is 5.32 Å². The van der Waals surface area contributed by atoms with Crippen LogP contribution >= 0.6 is 0 Å². The summed E-state index contributed by atoms with van der Waals surface area (Å²) >= 11 is 0. The van der Waals surface area contributed by atoms with Crippen LogP contribution in [0, 0.1) is 0 Å². The molecule has 3 heteroatoms. The normalized spacial score (nSPS) is 27.1.